The van der Waals surface area contributed by atoms with Gasteiger partial charge in [-0.25, -0.2) is 35.5 Å². The molecule has 1 aromatic heterocycles. The number of anilines is 1. The fraction of sp³-hybridized carbons (Fsp3) is 0.457. The average Bonchev–Trinajstić information content (AvgIpc) is 3.86. The summed E-state index contributed by atoms with van der Waals surface area (Å²) in [6.45, 7) is 6.03. The van der Waals surface area contributed by atoms with Crippen LogP contribution < -0.4 is 15.8 Å². The van der Waals surface area contributed by atoms with Crippen LogP contribution in [-0.2, 0) is 26.0 Å². The van der Waals surface area contributed by atoms with Crippen LogP contribution in [0.2, 0.25) is 0 Å². The Bertz CT molecular complexity index is 1780. The largest absolute Gasteiger partial charge is 0.444 e. The van der Waals surface area contributed by atoms with Gasteiger partial charge in [-0.2, -0.15) is 0 Å². The molecule has 0 saturated heterocycles. The van der Waals surface area contributed by atoms with Gasteiger partial charge in [-0.15, -0.1) is 0 Å². The number of benzene rings is 2. The van der Waals surface area contributed by atoms with Crippen molar-refractivity contribution in [3.05, 3.63) is 94.8 Å². The van der Waals surface area contributed by atoms with Crippen molar-refractivity contribution in [2.24, 2.45) is 5.73 Å². The summed E-state index contributed by atoms with van der Waals surface area (Å²) in [6.07, 6.45) is 0.998. The number of aliphatic hydroxyl groups excluding tert-OH is 1. The monoisotopic (exact) mass is 737 g/mol. The molecule has 4 atom stereocenters. The lowest BCUT2D eigenvalue weighted by atomic mass is 9.84. The fourth-order valence-electron chi connectivity index (χ4n) is 5.57. The lowest BCUT2D eigenvalue weighted by molar-refractivity contribution is -0.117. The molecule has 1 aliphatic carbocycles. The van der Waals surface area contributed by atoms with Crippen molar-refractivity contribution in [3.8, 4) is 0 Å². The van der Waals surface area contributed by atoms with E-state index in [1.54, 1.807) is 20.8 Å². The zero-order valence-corrected chi connectivity index (χ0v) is 29.5. The van der Waals surface area contributed by atoms with E-state index in [0.717, 1.165) is 30.5 Å². The lowest BCUT2D eigenvalue weighted by Gasteiger charge is -2.31. The van der Waals surface area contributed by atoms with Gasteiger partial charge in [0.25, 0.3) is 0 Å². The van der Waals surface area contributed by atoms with Crippen molar-refractivity contribution >= 4 is 27.7 Å². The minimum absolute atomic E-state index is 0.00289. The summed E-state index contributed by atoms with van der Waals surface area (Å²) in [5.41, 5.74) is 5.61. The molecule has 2 aromatic carbocycles. The number of ether oxygens (including phenoxy) is 1. The predicted octanol–water partition coefficient (Wildman–Crippen LogP) is 4.74. The quantitative estimate of drug-likeness (QED) is 0.163. The number of halogens is 4. The number of nitrogens with one attached hydrogen (secondary N) is 2. The van der Waals surface area contributed by atoms with Crippen LogP contribution in [-0.4, -0.2) is 77.5 Å². The van der Waals surface area contributed by atoms with Crippen molar-refractivity contribution in [1.82, 2.24) is 14.6 Å². The van der Waals surface area contributed by atoms with Crippen LogP contribution in [0, 0.1) is 23.3 Å². The molecular weight excluding hydrogens is 694 g/mol. The lowest BCUT2D eigenvalue weighted by Crippen LogP contribution is -2.49. The number of carbonyl (C=O) groups excluding carboxylic acids is 2. The third-order valence-electron chi connectivity index (χ3n) is 8.01. The summed E-state index contributed by atoms with van der Waals surface area (Å²) < 4.78 is 91.8. The summed E-state index contributed by atoms with van der Waals surface area (Å²) in [5.74, 6) is -5.31. The van der Waals surface area contributed by atoms with Crippen molar-refractivity contribution in [1.29, 1.82) is 0 Å². The smallest absolute Gasteiger partial charge is 0.410 e. The predicted molar refractivity (Wildman–Crippen MR) is 182 cm³/mol. The number of carbonyl (C=O) groups is 2. The summed E-state index contributed by atoms with van der Waals surface area (Å²) in [6, 6.07) is 5.03. The van der Waals surface area contributed by atoms with Gasteiger partial charge in [-0.3, -0.25) is 9.78 Å². The van der Waals surface area contributed by atoms with Crippen molar-refractivity contribution in [3.63, 3.8) is 0 Å². The molecule has 1 heterocycles. The molecule has 1 saturated carbocycles. The number of aliphatic hydroxyl groups is 1. The Morgan fingerprint density at radius 2 is 1.63 bits per heavy atom. The molecule has 0 unspecified atom stereocenters. The molecular formula is C35H43F4N5O6S. The molecule has 5 N–H and O–H groups in total. The van der Waals surface area contributed by atoms with Gasteiger partial charge in [0.15, 0.2) is 0 Å². The van der Waals surface area contributed by atoms with Crippen molar-refractivity contribution in [2.45, 2.75) is 88.3 Å². The van der Waals surface area contributed by atoms with E-state index in [9.17, 15) is 36.3 Å². The first-order valence-electron chi connectivity index (χ1n) is 16.4. The highest BCUT2D eigenvalue weighted by molar-refractivity contribution is 7.90. The van der Waals surface area contributed by atoms with Crippen LogP contribution in [0.1, 0.15) is 69.6 Å². The maximum absolute atomic E-state index is 15.4. The van der Waals surface area contributed by atoms with Crippen LogP contribution >= 0.6 is 0 Å². The molecule has 278 valence electrons. The molecule has 0 aliphatic heterocycles. The minimum atomic E-state index is -3.81. The third-order valence-corrected chi connectivity index (χ3v) is 10.0. The highest BCUT2D eigenvalue weighted by Crippen LogP contribution is 2.31. The van der Waals surface area contributed by atoms with E-state index in [4.69, 9.17) is 10.5 Å². The Hall–Kier alpha value is -4.12. The number of aromatic nitrogens is 1. The zero-order valence-electron chi connectivity index (χ0n) is 28.7. The van der Waals surface area contributed by atoms with Crippen LogP contribution in [0.5, 0.6) is 0 Å². The van der Waals surface area contributed by atoms with E-state index < -0.39 is 80.2 Å². The normalized spacial score (nSPS) is 15.8. The number of pyridine rings is 1. The number of amides is 2. The average molecular weight is 738 g/mol. The second kappa shape index (κ2) is 16.5. The van der Waals surface area contributed by atoms with E-state index >= 15 is 4.39 Å². The molecule has 2 amide bonds. The molecule has 51 heavy (non-hydrogen) atoms. The highest BCUT2D eigenvalue weighted by atomic mass is 32.2. The van der Waals surface area contributed by atoms with Crippen molar-refractivity contribution < 1.29 is 45.4 Å². The van der Waals surface area contributed by atoms with Crippen LogP contribution in [0.25, 0.3) is 0 Å². The molecule has 0 bridgehead atoms. The molecule has 1 fully saturated rings. The Balaban J connectivity index is 1.60. The Labute approximate surface area is 294 Å². The number of rotatable bonds is 15. The summed E-state index contributed by atoms with van der Waals surface area (Å²) in [4.78, 5) is 31.7. The number of hydrogen-bond donors (Lipinski definition) is 4. The maximum atomic E-state index is 15.4. The van der Waals surface area contributed by atoms with E-state index in [1.165, 1.54) is 30.2 Å². The third kappa shape index (κ3) is 11.4. The van der Waals surface area contributed by atoms with Gasteiger partial charge in [-0.1, -0.05) is 12.1 Å². The van der Waals surface area contributed by atoms with Crippen LogP contribution in [0.3, 0.4) is 0 Å². The van der Waals surface area contributed by atoms with E-state index in [1.807, 2.05) is 0 Å². The Morgan fingerprint density at radius 3 is 2.20 bits per heavy atom. The zero-order chi connectivity index (χ0) is 37.7. The van der Waals surface area contributed by atoms with Gasteiger partial charge in [-0.05, 0) is 88.8 Å². The van der Waals surface area contributed by atoms with Gasteiger partial charge >= 0.3 is 6.09 Å². The topological polar surface area (TPSA) is 164 Å². The van der Waals surface area contributed by atoms with Crippen molar-refractivity contribution in [2.75, 3.05) is 18.4 Å². The standard InChI is InChI=1S/C35H43F4N5O6S/c1-20(45)18-44(34(47)50-35(2,3)4)19-26(43-51(48,49)27-10-11-27)9-12-28-29(39)16-41-17-30(28)42-33(46)32(40)31(21-5-7-23(36)8-6-21)22-13-24(37)15-25(38)14-22/h5-8,13-17,20,26-27,31-32,43,45H,9-12,18-19,40H2,1-4H3,(H,42,46)/t20-,26-,31-,32-/m0/s1. The van der Waals surface area contributed by atoms with E-state index in [0.29, 0.717) is 18.9 Å². The summed E-state index contributed by atoms with van der Waals surface area (Å²) in [5, 5.41) is 12.0. The van der Waals surface area contributed by atoms with Gasteiger partial charge in [0.1, 0.15) is 28.9 Å². The van der Waals surface area contributed by atoms with Crippen LogP contribution in [0.15, 0.2) is 54.9 Å². The van der Waals surface area contributed by atoms with Gasteiger partial charge in [0.2, 0.25) is 15.9 Å². The summed E-state index contributed by atoms with van der Waals surface area (Å²) >= 11 is 0. The number of nitrogens with zero attached hydrogens (tertiary/aromatic N) is 2. The first-order chi connectivity index (χ1) is 23.8. The molecule has 16 heteroatoms. The fourth-order valence-corrected chi connectivity index (χ4v) is 7.18. The summed E-state index contributed by atoms with van der Waals surface area (Å²) in [7, 11) is -3.81. The van der Waals surface area contributed by atoms with Gasteiger partial charge < -0.3 is 25.8 Å². The molecule has 4 rings (SSSR count). The minimum Gasteiger partial charge on any atom is -0.444 e. The number of hydrogen-bond acceptors (Lipinski definition) is 8. The second-order valence-corrected chi connectivity index (χ2v) is 15.7. The van der Waals surface area contributed by atoms with E-state index in [2.05, 4.69) is 15.0 Å². The molecule has 11 nitrogen and oxygen atoms in total. The molecule has 3 aromatic rings. The molecule has 1 aliphatic rings. The Kier molecular flexibility index (Phi) is 12.8. The first kappa shape index (κ1) is 39.7. The number of sulfonamides is 1. The second-order valence-electron chi connectivity index (χ2n) is 13.7. The van der Waals surface area contributed by atoms with E-state index in [-0.39, 0.29) is 48.3 Å². The molecule has 0 spiro atoms. The highest BCUT2D eigenvalue weighted by Gasteiger charge is 2.38. The Morgan fingerprint density at radius 1 is 1.00 bits per heavy atom. The van der Waals surface area contributed by atoms with Crippen LogP contribution in [0.4, 0.5) is 28.0 Å². The SMILES string of the molecule is C[C@H](O)CN(C[C@H](CCc1c(F)cncc1NC(=O)[C@@H](N)[C@@H](c1ccc(F)cc1)c1cc(F)cc(F)c1)NS(=O)(=O)C1CC1)C(=O)OC(C)(C)C. The molecule has 0 radical (unpaired) electrons. The van der Waals surface area contributed by atoms with Gasteiger partial charge in [0, 0.05) is 36.7 Å². The first-order valence-corrected chi connectivity index (χ1v) is 17.9. The number of nitrogens with two attached hydrogens (primary N) is 1. The van der Waals surface area contributed by atoms with Gasteiger partial charge in [0.05, 0.1) is 35.5 Å². The maximum Gasteiger partial charge on any atom is 0.410 e.